The van der Waals surface area contributed by atoms with Crippen molar-refractivity contribution < 1.29 is 14.3 Å². The van der Waals surface area contributed by atoms with E-state index in [4.69, 9.17) is 9.47 Å². The van der Waals surface area contributed by atoms with E-state index >= 15 is 0 Å². The molecule has 0 aromatic carbocycles. The summed E-state index contributed by atoms with van der Waals surface area (Å²) in [5.41, 5.74) is 0. The molecule has 0 aromatic rings. The summed E-state index contributed by atoms with van der Waals surface area (Å²) in [5, 5.41) is 2.89. The van der Waals surface area contributed by atoms with Gasteiger partial charge < -0.3 is 14.8 Å². The van der Waals surface area contributed by atoms with Crippen molar-refractivity contribution in [2.24, 2.45) is 0 Å². The molecule has 0 aliphatic rings. The molecule has 4 nitrogen and oxygen atoms in total. The van der Waals surface area contributed by atoms with Gasteiger partial charge in [-0.15, -0.1) is 0 Å². The third kappa shape index (κ3) is 5.60. The van der Waals surface area contributed by atoms with Crippen LogP contribution in [0.15, 0.2) is 0 Å². The number of likely N-dealkylation sites (N-methyl/N-ethyl adjacent to an activating group) is 1. The van der Waals surface area contributed by atoms with Gasteiger partial charge in [0.05, 0.1) is 6.61 Å². The van der Waals surface area contributed by atoms with Crippen molar-refractivity contribution in [2.75, 3.05) is 26.9 Å². The molecule has 0 aliphatic heterocycles. The smallest absolute Gasteiger partial charge is 0.323 e. The molecule has 1 atom stereocenters. The van der Waals surface area contributed by atoms with E-state index in [9.17, 15) is 4.79 Å². The molecule has 0 aliphatic carbocycles. The standard InChI is InChI=1S/C9H19NO3/c1-4-12-7-6-8(10-3)9(11)13-5-2/h8,10H,4-7H2,1-3H3. The molecule has 78 valence electrons. The number of carbonyl (C=O) groups excluding carboxylic acids is 1. The fraction of sp³-hybridized carbons (Fsp3) is 0.889. The summed E-state index contributed by atoms with van der Waals surface area (Å²) in [5.74, 6) is -0.204. The molecule has 0 radical (unpaired) electrons. The summed E-state index contributed by atoms with van der Waals surface area (Å²) >= 11 is 0. The Hall–Kier alpha value is -0.610. The van der Waals surface area contributed by atoms with Gasteiger partial charge in [0.2, 0.25) is 0 Å². The molecule has 0 saturated carbocycles. The van der Waals surface area contributed by atoms with Gasteiger partial charge in [-0.2, -0.15) is 0 Å². The minimum absolute atomic E-state index is 0.204. The van der Waals surface area contributed by atoms with Gasteiger partial charge in [-0.3, -0.25) is 4.79 Å². The van der Waals surface area contributed by atoms with E-state index in [1.165, 1.54) is 0 Å². The van der Waals surface area contributed by atoms with E-state index in [0.717, 1.165) is 0 Å². The topological polar surface area (TPSA) is 47.6 Å². The molecule has 0 saturated heterocycles. The Labute approximate surface area is 79.6 Å². The SMILES string of the molecule is CCOCCC(NC)C(=O)OCC. The molecule has 13 heavy (non-hydrogen) atoms. The van der Waals surface area contributed by atoms with Crippen molar-refractivity contribution in [3.8, 4) is 0 Å². The molecule has 0 spiro atoms. The zero-order chi connectivity index (χ0) is 10.1. The molecule has 0 aromatic heterocycles. The Kier molecular flexibility index (Phi) is 7.63. The zero-order valence-electron chi connectivity index (χ0n) is 8.63. The molecule has 0 bridgehead atoms. The van der Waals surface area contributed by atoms with Gasteiger partial charge in [-0.1, -0.05) is 0 Å². The highest BCUT2D eigenvalue weighted by molar-refractivity contribution is 5.75. The Bertz CT molecular complexity index is 139. The molecule has 0 amide bonds. The number of carbonyl (C=O) groups is 1. The Morgan fingerprint density at radius 2 is 2.08 bits per heavy atom. The molecule has 0 rings (SSSR count). The van der Waals surface area contributed by atoms with Crippen molar-refractivity contribution >= 4 is 5.97 Å². The molecular formula is C9H19NO3. The number of rotatable bonds is 7. The highest BCUT2D eigenvalue weighted by Gasteiger charge is 2.16. The number of hydrogen-bond acceptors (Lipinski definition) is 4. The van der Waals surface area contributed by atoms with E-state index in [-0.39, 0.29) is 12.0 Å². The van der Waals surface area contributed by atoms with Crippen LogP contribution in [0.25, 0.3) is 0 Å². The van der Waals surface area contributed by atoms with Gasteiger partial charge in [0.25, 0.3) is 0 Å². The number of hydrogen-bond donors (Lipinski definition) is 1. The maximum atomic E-state index is 11.2. The summed E-state index contributed by atoms with van der Waals surface area (Å²) in [7, 11) is 1.74. The van der Waals surface area contributed by atoms with E-state index in [1.807, 2.05) is 6.92 Å². The minimum Gasteiger partial charge on any atom is -0.465 e. The first-order chi connectivity index (χ1) is 6.26. The number of ether oxygens (including phenoxy) is 2. The first kappa shape index (κ1) is 12.4. The van der Waals surface area contributed by atoms with Crippen molar-refractivity contribution in [1.29, 1.82) is 0 Å². The number of nitrogens with one attached hydrogen (secondary N) is 1. The summed E-state index contributed by atoms with van der Waals surface area (Å²) < 4.78 is 10.0. The van der Waals surface area contributed by atoms with Gasteiger partial charge in [0, 0.05) is 13.2 Å². The van der Waals surface area contributed by atoms with Crippen LogP contribution < -0.4 is 5.32 Å². The van der Waals surface area contributed by atoms with E-state index in [0.29, 0.717) is 26.2 Å². The van der Waals surface area contributed by atoms with Gasteiger partial charge in [0.15, 0.2) is 0 Å². The van der Waals surface area contributed by atoms with Crippen LogP contribution in [0, 0.1) is 0 Å². The van der Waals surface area contributed by atoms with Crippen molar-refractivity contribution in [1.82, 2.24) is 5.32 Å². The Morgan fingerprint density at radius 1 is 1.38 bits per heavy atom. The second-order valence-electron chi connectivity index (χ2n) is 2.58. The Morgan fingerprint density at radius 3 is 2.54 bits per heavy atom. The van der Waals surface area contributed by atoms with Crippen LogP contribution in [-0.2, 0) is 14.3 Å². The van der Waals surface area contributed by atoms with Gasteiger partial charge in [-0.05, 0) is 27.3 Å². The molecule has 1 N–H and O–H groups in total. The van der Waals surface area contributed by atoms with E-state index < -0.39 is 0 Å². The number of esters is 1. The molecular weight excluding hydrogens is 170 g/mol. The predicted octanol–water partition coefficient (Wildman–Crippen LogP) is 0.564. The summed E-state index contributed by atoms with van der Waals surface area (Å²) in [6.45, 7) is 5.41. The lowest BCUT2D eigenvalue weighted by Crippen LogP contribution is -2.36. The fourth-order valence-corrected chi connectivity index (χ4v) is 0.968. The van der Waals surface area contributed by atoms with Crippen LogP contribution in [0.3, 0.4) is 0 Å². The lowest BCUT2D eigenvalue weighted by atomic mass is 10.2. The fourth-order valence-electron chi connectivity index (χ4n) is 0.968. The third-order valence-corrected chi connectivity index (χ3v) is 1.67. The molecule has 0 fully saturated rings. The maximum Gasteiger partial charge on any atom is 0.323 e. The maximum absolute atomic E-state index is 11.2. The third-order valence-electron chi connectivity index (χ3n) is 1.67. The average molecular weight is 189 g/mol. The Balaban J connectivity index is 3.67. The van der Waals surface area contributed by atoms with Crippen molar-refractivity contribution in [3.05, 3.63) is 0 Å². The largest absolute Gasteiger partial charge is 0.465 e. The van der Waals surface area contributed by atoms with Crippen LogP contribution in [0.4, 0.5) is 0 Å². The second kappa shape index (κ2) is 8.01. The van der Waals surface area contributed by atoms with Gasteiger partial charge >= 0.3 is 5.97 Å². The highest BCUT2D eigenvalue weighted by Crippen LogP contribution is 1.95. The first-order valence-electron chi connectivity index (χ1n) is 4.67. The summed E-state index contributed by atoms with van der Waals surface area (Å²) in [6, 6.07) is -0.244. The quantitative estimate of drug-likeness (QED) is 0.469. The average Bonchev–Trinajstić information content (AvgIpc) is 2.13. The molecule has 1 unspecified atom stereocenters. The monoisotopic (exact) mass is 189 g/mol. The minimum atomic E-state index is -0.244. The van der Waals surface area contributed by atoms with Crippen molar-refractivity contribution in [3.63, 3.8) is 0 Å². The predicted molar refractivity (Wildman–Crippen MR) is 50.6 cm³/mol. The second-order valence-corrected chi connectivity index (χ2v) is 2.58. The van der Waals surface area contributed by atoms with Crippen LogP contribution in [0.2, 0.25) is 0 Å². The lowest BCUT2D eigenvalue weighted by Gasteiger charge is -2.13. The van der Waals surface area contributed by atoms with Crippen molar-refractivity contribution in [2.45, 2.75) is 26.3 Å². The van der Waals surface area contributed by atoms with Crippen LogP contribution in [0.5, 0.6) is 0 Å². The van der Waals surface area contributed by atoms with Gasteiger partial charge in [0.1, 0.15) is 6.04 Å². The highest BCUT2D eigenvalue weighted by atomic mass is 16.5. The molecule has 4 heteroatoms. The zero-order valence-corrected chi connectivity index (χ0v) is 8.63. The summed E-state index contributed by atoms with van der Waals surface area (Å²) in [6.07, 6.45) is 0.656. The molecule has 0 heterocycles. The van der Waals surface area contributed by atoms with Crippen LogP contribution >= 0.6 is 0 Å². The summed E-state index contributed by atoms with van der Waals surface area (Å²) in [4.78, 5) is 11.2. The van der Waals surface area contributed by atoms with Crippen LogP contribution in [0.1, 0.15) is 20.3 Å². The van der Waals surface area contributed by atoms with E-state index in [1.54, 1.807) is 14.0 Å². The van der Waals surface area contributed by atoms with Crippen LogP contribution in [-0.4, -0.2) is 38.9 Å². The lowest BCUT2D eigenvalue weighted by molar-refractivity contribution is -0.146. The van der Waals surface area contributed by atoms with E-state index in [2.05, 4.69) is 5.32 Å². The first-order valence-corrected chi connectivity index (χ1v) is 4.67. The normalized spacial score (nSPS) is 12.5. The van der Waals surface area contributed by atoms with Gasteiger partial charge in [-0.25, -0.2) is 0 Å².